The number of ether oxygens (including phenoxy) is 1. The predicted octanol–water partition coefficient (Wildman–Crippen LogP) is 3.55. The standard InChI is InChI=1S/C20H21FN2O4S2/c1-3-23-17-10-7-15(27-4-2)13-18(17)28-20(23)22-19(24)11-12-29(25,26)16-8-5-14(21)6-9-16/h5-10,13H,3-4,11-12H2,1-2H3. The van der Waals surface area contributed by atoms with Crippen LogP contribution in [-0.4, -0.2) is 31.3 Å². The van der Waals surface area contributed by atoms with Gasteiger partial charge in [-0.2, -0.15) is 4.99 Å². The van der Waals surface area contributed by atoms with Crippen LogP contribution in [0.25, 0.3) is 10.2 Å². The van der Waals surface area contributed by atoms with E-state index in [1.54, 1.807) is 0 Å². The Kier molecular flexibility index (Phi) is 6.49. The molecule has 1 aromatic heterocycles. The highest BCUT2D eigenvalue weighted by atomic mass is 32.2. The van der Waals surface area contributed by atoms with Crippen LogP contribution in [0.4, 0.5) is 4.39 Å². The van der Waals surface area contributed by atoms with Gasteiger partial charge in [0.05, 0.1) is 27.5 Å². The van der Waals surface area contributed by atoms with E-state index in [0.717, 1.165) is 28.1 Å². The molecule has 0 saturated heterocycles. The fourth-order valence-corrected chi connectivity index (χ4v) is 5.21. The van der Waals surface area contributed by atoms with E-state index < -0.39 is 21.6 Å². The van der Waals surface area contributed by atoms with Gasteiger partial charge < -0.3 is 9.30 Å². The van der Waals surface area contributed by atoms with Crippen molar-refractivity contribution in [3.05, 3.63) is 53.1 Å². The lowest BCUT2D eigenvalue weighted by Crippen LogP contribution is -2.17. The number of sulfone groups is 1. The molecular weight excluding hydrogens is 415 g/mol. The molecule has 0 aliphatic carbocycles. The summed E-state index contributed by atoms with van der Waals surface area (Å²) < 4.78 is 46.0. The zero-order chi connectivity index (χ0) is 21.0. The van der Waals surface area contributed by atoms with E-state index in [1.165, 1.54) is 23.5 Å². The van der Waals surface area contributed by atoms with Crippen molar-refractivity contribution >= 4 is 37.3 Å². The van der Waals surface area contributed by atoms with Crippen LogP contribution in [0, 0.1) is 5.82 Å². The Labute approximate surface area is 172 Å². The second-order valence-electron chi connectivity index (χ2n) is 6.22. The minimum atomic E-state index is -3.68. The Balaban J connectivity index is 1.82. The fourth-order valence-electron chi connectivity index (χ4n) is 2.84. The third-order valence-electron chi connectivity index (χ3n) is 4.26. The number of aryl methyl sites for hydroxylation is 1. The lowest BCUT2D eigenvalue weighted by atomic mass is 10.3. The molecule has 0 atom stereocenters. The molecule has 1 heterocycles. The summed E-state index contributed by atoms with van der Waals surface area (Å²) >= 11 is 1.35. The maximum absolute atomic E-state index is 13.0. The lowest BCUT2D eigenvalue weighted by Gasteiger charge is -2.04. The molecule has 154 valence electrons. The number of amides is 1. The Morgan fingerprint density at radius 1 is 1.17 bits per heavy atom. The second-order valence-corrected chi connectivity index (χ2v) is 9.34. The summed E-state index contributed by atoms with van der Waals surface area (Å²) in [4.78, 5) is 17.0. The molecule has 0 saturated carbocycles. The third kappa shape index (κ3) is 4.91. The van der Waals surface area contributed by atoms with Gasteiger partial charge in [-0.25, -0.2) is 12.8 Å². The molecule has 3 aromatic rings. The van der Waals surface area contributed by atoms with E-state index in [1.807, 2.05) is 36.6 Å². The Morgan fingerprint density at radius 2 is 1.90 bits per heavy atom. The first-order valence-corrected chi connectivity index (χ1v) is 11.6. The van der Waals surface area contributed by atoms with Gasteiger partial charge in [0.1, 0.15) is 11.6 Å². The molecule has 0 unspecified atom stereocenters. The molecule has 0 bridgehead atoms. The van der Waals surface area contributed by atoms with E-state index in [9.17, 15) is 17.6 Å². The van der Waals surface area contributed by atoms with E-state index in [2.05, 4.69) is 4.99 Å². The molecule has 6 nitrogen and oxygen atoms in total. The van der Waals surface area contributed by atoms with E-state index >= 15 is 0 Å². The zero-order valence-corrected chi connectivity index (χ0v) is 17.7. The number of aromatic nitrogens is 1. The van der Waals surface area contributed by atoms with Crippen molar-refractivity contribution in [1.29, 1.82) is 0 Å². The highest BCUT2D eigenvalue weighted by Gasteiger charge is 2.17. The van der Waals surface area contributed by atoms with Crippen LogP contribution in [0.3, 0.4) is 0 Å². The van der Waals surface area contributed by atoms with E-state index in [4.69, 9.17) is 4.74 Å². The second kappa shape index (κ2) is 8.87. The van der Waals surface area contributed by atoms with Crippen LogP contribution in [-0.2, 0) is 21.2 Å². The summed E-state index contributed by atoms with van der Waals surface area (Å²) in [7, 11) is -3.68. The summed E-state index contributed by atoms with van der Waals surface area (Å²) in [5.41, 5.74) is 0.937. The van der Waals surface area contributed by atoms with Crippen molar-refractivity contribution in [2.45, 2.75) is 31.7 Å². The van der Waals surface area contributed by atoms with Gasteiger partial charge in [0.25, 0.3) is 0 Å². The monoisotopic (exact) mass is 436 g/mol. The van der Waals surface area contributed by atoms with Crippen LogP contribution in [0.15, 0.2) is 52.4 Å². The van der Waals surface area contributed by atoms with Gasteiger partial charge in [-0.3, -0.25) is 4.79 Å². The zero-order valence-electron chi connectivity index (χ0n) is 16.1. The summed E-state index contributed by atoms with van der Waals surface area (Å²) in [5, 5.41) is 0. The maximum atomic E-state index is 13.0. The average Bonchev–Trinajstić information content (AvgIpc) is 3.03. The number of nitrogens with zero attached hydrogens (tertiary/aromatic N) is 2. The van der Waals surface area contributed by atoms with Crippen molar-refractivity contribution in [3.63, 3.8) is 0 Å². The molecule has 9 heteroatoms. The first-order valence-electron chi connectivity index (χ1n) is 9.16. The normalized spacial score (nSPS) is 12.4. The molecule has 0 aliphatic heterocycles. The largest absolute Gasteiger partial charge is 0.494 e. The van der Waals surface area contributed by atoms with Crippen LogP contribution >= 0.6 is 11.3 Å². The van der Waals surface area contributed by atoms with Crippen LogP contribution in [0.2, 0.25) is 0 Å². The molecule has 2 aromatic carbocycles. The van der Waals surface area contributed by atoms with Gasteiger partial charge in [0.2, 0.25) is 5.91 Å². The number of hydrogen-bond acceptors (Lipinski definition) is 5. The summed E-state index contributed by atoms with van der Waals surface area (Å²) in [6, 6.07) is 10.2. The number of hydrogen-bond donors (Lipinski definition) is 0. The summed E-state index contributed by atoms with van der Waals surface area (Å²) in [5.74, 6) is -0.675. The van der Waals surface area contributed by atoms with Gasteiger partial charge >= 0.3 is 0 Å². The highest BCUT2D eigenvalue weighted by Crippen LogP contribution is 2.23. The van der Waals surface area contributed by atoms with E-state index in [-0.39, 0.29) is 17.1 Å². The van der Waals surface area contributed by atoms with Crippen molar-refractivity contribution in [2.24, 2.45) is 4.99 Å². The summed E-state index contributed by atoms with van der Waals surface area (Å²) in [6.45, 7) is 5.03. The van der Waals surface area contributed by atoms with Crippen LogP contribution < -0.4 is 9.54 Å². The first-order chi connectivity index (χ1) is 13.8. The number of fused-ring (bicyclic) bond motifs is 1. The SMILES string of the molecule is CCOc1ccc2c(c1)sc(=NC(=O)CCS(=O)(=O)c1ccc(F)cc1)n2CC. The van der Waals surface area contributed by atoms with E-state index in [0.29, 0.717) is 18.0 Å². The molecule has 0 radical (unpaired) electrons. The maximum Gasteiger partial charge on any atom is 0.249 e. The summed E-state index contributed by atoms with van der Waals surface area (Å²) in [6.07, 6.45) is -0.248. The average molecular weight is 437 g/mol. The molecule has 0 N–H and O–H groups in total. The number of carbonyl (C=O) groups excluding carboxylic acids is 1. The fraction of sp³-hybridized carbons (Fsp3) is 0.300. The number of halogens is 1. The number of rotatable bonds is 7. The van der Waals surface area contributed by atoms with Crippen LogP contribution in [0.1, 0.15) is 20.3 Å². The predicted molar refractivity (Wildman–Crippen MR) is 110 cm³/mol. The smallest absolute Gasteiger partial charge is 0.249 e. The third-order valence-corrected chi connectivity index (χ3v) is 7.03. The minimum absolute atomic E-state index is 0.0133. The molecule has 0 fully saturated rings. The highest BCUT2D eigenvalue weighted by molar-refractivity contribution is 7.91. The Hall–Kier alpha value is -2.52. The molecule has 0 aliphatic rings. The number of thiazole rings is 1. The Bertz CT molecular complexity index is 1200. The van der Waals surface area contributed by atoms with Crippen molar-refractivity contribution in [1.82, 2.24) is 4.57 Å². The first kappa shape index (κ1) is 21.2. The molecule has 1 amide bonds. The van der Waals surface area contributed by atoms with Crippen LogP contribution in [0.5, 0.6) is 5.75 Å². The minimum Gasteiger partial charge on any atom is -0.494 e. The molecular formula is C20H21FN2O4S2. The molecule has 29 heavy (non-hydrogen) atoms. The van der Waals surface area contributed by atoms with Crippen molar-refractivity contribution in [3.8, 4) is 5.75 Å². The van der Waals surface area contributed by atoms with Crippen molar-refractivity contribution < 1.29 is 22.3 Å². The quantitative estimate of drug-likeness (QED) is 0.531. The van der Waals surface area contributed by atoms with Gasteiger partial charge in [-0.1, -0.05) is 11.3 Å². The van der Waals surface area contributed by atoms with Gasteiger partial charge in [-0.15, -0.1) is 0 Å². The van der Waals surface area contributed by atoms with Gasteiger partial charge in [0.15, 0.2) is 14.6 Å². The number of carbonyl (C=O) groups is 1. The molecule has 0 spiro atoms. The Morgan fingerprint density at radius 3 is 2.55 bits per heavy atom. The number of benzene rings is 2. The van der Waals surface area contributed by atoms with Gasteiger partial charge in [-0.05, 0) is 56.3 Å². The lowest BCUT2D eigenvalue weighted by molar-refractivity contribution is -0.117. The van der Waals surface area contributed by atoms with Gasteiger partial charge in [0, 0.05) is 13.0 Å². The molecule has 3 rings (SSSR count). The topological polar surface area (TPSA) is 77.7 Å². The van der Waals surface area contributed by atoms with Crippen molar-refractivity contribution in [2.75, 3.05) is 12.4 Å².